The van der Waals surface area contributed by atoms with Gasteiger partial charge in [0.15, 0.2) is 23.1 Å². The van der Waals surface area contributed by atoms with E-state index in [1.807, 2.05) is 11.5 Å². The first-order chi connectivity index (χ1) is 16.0. The Morgan fingerprint density at radius 3 is 2.36 bits per heavy atom. The van der Waals surface area contributed by atoms with Crippen LogP contribution in [0.2, 0.25) is 0 Å². The van der Waals surface area contributed by atoms with Crippen molar-refractivity contribution in [2.24, 2.45) is 0 Å². The van der Waals surface area contributed by atoms with Gasteiger partial charge in [-0.1, -0.05) is 24.3 Å². The van der Waals surface area contributed by atoms with Gasteiger partial charge < -0.3 is 14.2 Å². The minimum atomic E-state index is -3.94. The van der Waals surface area contributed by atoms with E-state index in [0.29, 0.717) is 11.5 Å². The SMILES string of the molecule is COc1ccccc1Oc1c(NS(=O)(=O)C=CC2C=CS2)nc(-c2ncccn2)nc1OC. The summed E-state index contributed by atoms with van der Waals surface area (Å²) in [7, 11) is -1.06. The Morgan fingerprint density at radius 1 is 1.00 bits per heavy atom. The van der Waals surface area contributed by atoms with Crippen molar-refractivity contribution in [3.05, 3.63) is 65.7 Å². The Kier molecular flexibility index (Phi) is 6.75. The van der Waals surface area contributed by atoms with Crippen molar-refractivity contribution < 1.29 is 22.6 Å². The topological polar surface area (TPSA) is 125 Å². The van der Waals surface area contributed by atoms with Gasteiger partial charge in [-0.05, 0) is 23.6 Å². The molecule has 10 nitrogen and oxygen atoms in total. The lowest BCUT2D eigenvalue weighted by atomic mass is 10.3. The number of thioether (sulfide) groups is 1. The maximum absolute atomic E-state index is 12.8. The fourth-order valence-electron chi connectivity index (χ4n) is 2.69. The first-order valence-corrected chi connectivity index (χ1v) is 12.1. The van der Waals surface area contributed by atoms with E-state index in [4.69, 9.17) is 14.2 Å². The highest BCUT2D eigenvalue weighted by atomic mass is 32.2. The molecule has 3 heterocycles. The Labute approximate surface area is 194 Å². The Hall–Kier alpha value is -3.64. The second-order valence-corrected chi connectivity index (χ2v) is 9.12. The highest BCUT2D eigenvalue weighted by Crippen LogP contribution is 2.40. The summed E-state index contributed by atoms with van der Waals surface area (Å²) < 4.78 is 44.7. The third kappa shape index (κ3) is 5.41. The highest BCUT2D eigenvalue weighted by Gasteiger charge is 2.24. The van der Waals surface area contributed by atoms with Gasteiger partial charge in [0.05, 0.1) is 14.2 Å². The molecule has 1 atom stereocenters. The average molecular weight is 486 g/mol. The molecular formula is C21H19N5O5S2. The van der Waals surface area contributed by atoms with Crippen LogP contribution in [0.3, 0.4) is 0 Å². The van der Waals surface area contributed by atoms with Crippen LogP contribution in [0.4, 0.5) is 5.82 Å². The lowest BCUT2D eigenvalue weighted by Crippen LogP contribution is -2.14. The molecule has 0 spiro atoms. The van der Waals surface area contributed by atoms with Crippen molar-refractivity contribution in [3.63, 3.8) is 0 Å². The molecule has 1 N–H and O–H groups in total. The summed E-state index contributed by atoms with van der Waals surface area (Å²) in [5.74, 6) is 0.784. The quantitative estimate of drug-likeness (QED) is 0.480. The number of rotatable bonds is 9. The van der Waals surface area contributed by atoms with E-state index in [0.717, 1.165) is 5.41 Å². The summed E-state index contributed by atoms with van der Waals surface area (Å²) in [6.07, 6.45) is 6.49. The van der Waals surface area contributed by atoms with Gasteiger partial charge in [0, 0.05) is 23.1 Å². The van der Waals surface area contributed by atoms with Crippen LogP contribution < -0.4 is 18.9 Å². The van der Waals surface area contributed by atoms with Crippen LogP contribution in [0.1, 0.15) is 0 Å². The molecule has 1 aromatic carbocycles. The van der Waals surface area contributed by atoms with Crippen molar-refractivity contribution >= 4 is 27.6 Å². The molecule has 0 bridgehead atoms. The molecule has 0 aliphatic carbocycles. The number of methoxy groups -OCH3 is 2. The normalized spacial score (nSPS) is 15.2. The Morgan fingerprint density at radius 2 is 1.73 bits per heavy atom. The average Bonchev–Trinajstić information content (AvgIpc) is 2.79. The molecule has 3 aromatic rings. The predicted molar refractivity (Wildman–Crippen MR) is 125 cm³/mol. The molecule has 0 amide bonds. The maximum atomic E-state index is 12.8. The molecule has 33 heavy (non-hydrogen) atoms. The van der Waals surface area contributed by atoms with Crippen LogP contribution in [0.15, 0.2) is 65.7 Å². The van der Waals surface area contributed by atoms with Crippen LogP contribution in [0, 0.1) is 0 Å². The van der Waals surface area contributed by atoms with Gasteiger partial charge >= 0.3 is 0 Å². The van der Waals surface area contributed by atoms with E-state index in [1.165, 1.54) is 38.4 Å². The monoisotopic (exact) mass is 485 g/mol. The number of benzene rings is 1. The largest absolute Gasteiger partial charge is 0.493 e. The standard InChI is InChI=1S/C21H19N5O5S2/c1-29-15-6-3-4-7-16(15)31-17-18(26-33(27,28)13-9-14-8-12-32-14)24-20(25-21(17)30-2)19-22-10-5-11-23-19/h3-14H,1-2H3,(H,24,25,26). The number of ether oxygens (including phenoxy) is 3. The van der Waals surface area contributed by atoms with Gasteiger partial charge in [-0.25, -0.2) is 23.4 Å². The number of nitrogens with one attached hydrogen (secondary N) is 1. The summed E-state index contributed by atoms with van der Waals surface area (Å²) in [5.41, 5.74) is 0. The summed E-state index contributed by atoms with van der Waals surface area (Å²) in [4.78, 5) is 16.9. The van der Waals surface area contributed by atoms with E-state index in [9.17, 15) is 8.42 Å². The number of para-hydroxylation sites is 2. The predicted octanol–water partition coefficient (Wildman–Crippen LogP) is 3.63. The van der Waals surface area contributed by atoms with Gasteiger partial charge in [0.2, 0.25) is 11.6 Å². The lowest BCUT2D eigenvalue weighted by molar-refractivity contribution is 0.348. The van der Waals surface area contributed by atoms with Gasteiger partial charge in [0.25, 0.3) is 15.9 Å². The molecule has 1 aliphatic heterocycles. The van der Waals surface area contributed by atoms with Crippen LogP contribution >= 0.6 is 11.8 Å². The van der Waals surface area contributed by atoms with E-state index < -0.39 is 10.0 Å². The summed E-state index contributed by atoms with van der Waals surface area (Å²) >= 11 is 1.51. The number of hydrogen-bond donors (Lipinski definition) is 1. The molecule has 0 saturated heterocycles. The van der Waals surface area contributed by atoms with Crippen molar-refractivity contribution in [1.29, 1.82) is 0 Å². The molecule has 2 aromatic heterocycles. The minimum Gasteiger partial charge on any atom is -0.493 e. The van der Waals surface area contributed by atoms with Gasteiger partial charge in [0.1, 0.15) is 0 Å². The van der Waals surface area contributed by atoms with E-state index >= 15 is 0 Å². The summed E-state index contributed by atoms with van der Waals surface area (Å²) in [5, 5.41) is 2.96. The first-order valence-electron chi connectivity index (χ1n) is 9.56. The van der Waals surface area contributed by atoms with E-state index in [2.05, 4.69) is 24.7 Å². The molecule has 0 fully saturated rings. The van der Waals surface area contributed by atoms with Crippen molar-refractivity contribution in [2.75, 3.05) is 18.9 Å². The van der Waals surface area contributed by atoms with Crippen LogP contribution in [0.5, 0.6) is 23.1 Å². The molecule has 12 heteroatoms. The third-order valence-corrected chi connectivity index (χ3v) is 6.20. The molecule has 170 valence electrons. The van der Waals surface area contributed by atoms with Crippen LogP contribution in [-0.4, -0.2) is 47.8 Å². The molecule has 0 saturated carbocycles. The van der Waals surface area contributed by atoms with E-state index in [1.54, 1.807) is 36.4 Å². The zero-order valence-electron chi connectivity index (χ0n) is 17.6. The zero-order chi connectivity index (χ0) is 23.3. The smallest absolute Gasteiger partial charge is 0.263 e. The number of sulfonamides is 1. The molecular weight excluding hydrogens is 466 g/mol. The summed E-state index contributed by atoms with van der Waals surface area (Å²) in [6, 6.07) is 8.52. The van der Waals surface area contributed by atoms with Crippen molar-refractivity contribution in [1.82, 2.24) is 19.9 Å². The third-order valence-electron chi connectivity index (χ3n) is 4.26. The van der Waals surface area contributed by atoms with Crippen LogP contribution in [-0.2, 0) is 10.0 Å². The minimum absolute atomic E-state index is 0.000842. The first kappa shape index (κ1) is 22.6. The van der Waals surface area contributed by atoms with Gasteiger partial charge in [-0.3, -0.25) is 4.72 Å². The fraction of sp³-hybridized carbons (Fsp3) is 0.143. The second-order valence-electron chi connectivity index (χ2n) is 6.46. The maximum Gasteiger partial charge on any atom is 0.263 e. The zero-order valence-corrected chi connectivity index (χ0v) is 19.2. The van der Waals surface area contributed by atoms with Gasteiger partial charge in [-0.15, -0.1) is 11.8 Å². The molecule has 0 radical (unpaired) electrons. The van der Waals surface area contributed by atoms with Gasteiger partial charge in [-0.2, -0.15) is 4.98 Å². The van der Waals surface area contributed by atoms with Crippen molar-refractivity contribution in [2.45, 2.75) is 5.25 Å². The lowest BCUT2D eigenvalue weighted by Gasteiger charge is -2.16. The fourth-order valence-corrected chi connectivity index (χ4v) is 4.14. The Balaban J connectivity index is 1.79. The number of nitrogens with zero attached hydrogens (tertiary/aromatic N) is 4. The van der Waals surface area contributed by atoms with E-state index in [-0.39, 0.29) is 34.3 Å². The van der Waals surface area contributed by atoms with Crippen LogP contribution in [0.25, 0.3) is 11.6 Å². The van der Waals surface area contributed by atoms with Crippen molar-refractivity contribution in [3.8, 4) is 34.8 Å². The number of aromatic nitrogens is 4. The summed E-state index contributed by atoms with van der Waals surface area (Å²) in [6.45, 7) is 0. The Bertz CT molecular complexity index is 1300. The highest BCUT2D eigenvalue weighted by molar-refractivity contribution is 8.04. The molecule has 4 rings (SSSR count). The molecule has 1 unspecified atom stereocenters. The number of anilines is 1. The molecule has 1 aliphatic rings. The number of hydrogen-bond acceptors (Lipinski definition) is 10. The second kappa shape index (κ2) is 9.88.